The molecule has 0 amide bonds. The lowest BCUT2D eigenvalue weighted by atomic mass is 10.1. The summed E-state index contributed by atoms with van der Waals surface area (Å²) < 4.78 is 17.0. The molecule has 3 rings (SSSR count). The standard InChI is InChI=1S/C21H23NO3S/c1-23-19-11-17(9-6-10-18-14-26-15-22-18)12-20(24-2)21(19)25-13-16-7-4-3-5-8-16/h3-12,22H,13-15H2,1-2H3. The minimum absolute atomic E-state index is 0.457. The van der Waals surface area contributed by atoms with Crippen LogP contribution in [-0.2, 0) is 6.61 Å². The van der Waals surface area contributed by atoms with Crippen LogP contribution in [0.5, 0.6) is 17.2 Å². The van der Waals surface area contributed by atoms with Crippen molar-refractivity contribution in [3.05, 3.63) is 71.4 Å². The van der Waals surface area contributed by atoms with Crippen molar-refractivity contribution in [1.82, 2.24) is 5.32 Å². The van der Waals surface area contributed by atoms with E-state index in [1.54, 1.807) is 14.2 Å². The Bertz CT molecular complexity index is 754. The van der Waals surface area contributed by atoms with Crippen LogP contribution in [0.4, 0.5) is 0 Å². The zero-order valence-corrected chi connectivity index (χ0v) is 15.8. The molecule has 5 heteroatoms. The highest BCUT2D eigenvalue weighted by atomic mass is 32.2. The molecule has 26 heavy (non-hydrogen) atoms. The van der Waals surface area contributed by atoms with Crippen molar-refractivity contribution >= 4 is 17.8 Å². The van der Waals surface area contributed by atoms with Crippen molar-refractivity contribution in [2.24, 2.45) is 0 Å². The molecule has 0 atom stereocenters. The summed E-state index contributed by atoms with van der Waals surface area (Å²) in [6.45, 7) is 0.457. The molecule has 136 valence electrons. The largest absolute Gasteiger partial charge is 0.493 e. The van der Waals surface area contributed by atoms with Crippen molar-refractivity contribution in [2.45, 2.75) is 6.61 Å². The predicted molar refractivity (Wildman–Crippen MR) is 108 cm³/mol. The third-order valence-corrected chi connectivity index (χ3v) is 4.82. The van der Waals surface area contributed by atoms with Crippen molar-refractivity contribution < 1.29 is 14.2 Å². The lowest BCUT2D eigenvalue weighted by Gasteiger charge is -2.15. The van der Waals surface area contributed by atoms with Gasteiger partial charge in [0, 0.05) is 11.4 Å². The average molecular weight is 369 g/mol. The van der Waals surface area contributed by atoms with Gasteiger partial charge in [-0.05, 0) is 29.3 Å². The van der Waals surface area contributed by atoms with Gasteiger partial charge in [-0.25, -0.2) is 0 Å². The first-order valence-corrected chi connectivity index (χ1v) is 9.57. The Balaban J connectivity index is 1.78. The number of hydrogen-bond donors (Lipinski definition) is 1. The van der Waals surface area contributed by atoms with Gasteiger partial charge in [-0.1, -0.05) is 42.5 Å². The lowest BCUT2D eigenvalue weighted by molar-refractivity contribution is 0.266. The van der Waals surface area contributed by atoms with Crippen LogP contribution in [0.25, 0.3) is 6.08 Å². The van der Waals surface area contributed by atoms with Gasteiger partial charge in [0.2, 0.25) is 5.75 Å². The zero-order valence-electron chi connectivity index (χ0n) is 15.0. The van der Waals surface area contributed by atoms with Crippen molar-refractivity contribution in [2.75, 3.05) is 25.8 Å². The summed E-state index contributed by atoms with van der Waals surface area (Å²) >= 11 is 1.88. The van der Waals surface area contributed by atoms with E-state index in [4.69, 9.17) is 14.2 Å². The van der Waals surface area contributed by atoms with Gasteiger partial charge in [-0.15, -0.1) is 11.8 Å². The first-order chi connectivity index (χ1) is 12.8. The Kier molecular flexibility index (Phi) is 6.50. The van der Waals surface area contributed by atoms with E-state index >= 15 is 0 Å². The van der Waals surface area contributed by atoms with Crippen LogP contribution in [0.3, 0.4) is 0 Å². The Morgan fingerprint density at radius 1 is 1.08 bits per heavy atom. The van der Waals surface area contributed by atoms with Gasteiger partial charge < -0.3 is 19.5 Å². The maximum Gasteiger partial charge on any atom is 0.203 e. The number of allylic oxidation sites excluding steroid dienone is 2. The number of thioether (sulfide) groups is 1. The molecule has 2 aromatic rings. The summed E-state index contributed by atoms with van der Waals surface area (Å²) in [5.41, 5.74) is 3.33. The van der Waals surface area contributed by atoms with E-state index < -0.39 is 0 Å². The van der Waals surface area contributed by atoms with Crippen LogP contribution in [0.15, 0.2) is 60.3 Å². The van der Waals surface area contributed by atoms with Crippen molar-refractivity contribution in [1.29, 1.82) is 0 Å². The Morgan fingerprint density at radius 3 is 2.42 bits per heavy atom. The fourth-order valence-corrected chi connectivity index (χ4v) is 3.41. The minimum atomic E-state index is 0.457. The molecule has 0 spiro atoms. The fraction of sp³-hybridized carbons (Fsp3) is 0.238. The third-order valence-electron chi connectivity index (χ3n) is 3.95. The van der Waals surface area contributed by atoms with E-state index in [1.807, 2.05) is 66.4 Å². The number of ether oxygens (including phenoxy) is 3. The fourth-order valence-electron chi connectivity index (χ4n) is 2.61. The van der Waals surface area contributed by atoms with Crippen LogP contribution < -0.4 is 19.5 Å². The summed E-state index contributed by atoms with van der Waals surface area (Å²) in [5, 5.41) is 3.33. The maximum absolute atomic E-state index is 5.98. The van der Waals surface area contributed by atoms with Crippen molar-refractivity contribution in [3.63, 3.8) is 0 Å². The predicted octanol–water partition coefficient (Wildman–Crippen LogP) is 4.47. The molecule has 0 radical (unpaired) electrons. The molecule has 0 aliphatic carbocycles. The van der Waals surface area contributed by atoms with E-state index in [9.17, 15) is 0 Å². The smallest absolute Gasteiger partial charge is 0.203 e. The van der Waals surface area contributed by atoms with Crippen LogP contribution in [-0.4, -0.2) is 25.8 Å². The highest BCUT2D eigenvalue weighted by molar-refractivity contribution is 7.99. The molecule has 1 heterocycles. The molecule has 1 saturated heterocycles. The second kappa shape index (κ2) is 9.25. The molecule has 0 aromatic heterocycles. The Labute approximate surface area is 158 Å². The van der Waals surface area contributed by atoms with Crippen LogP contribution >= 0.6 is 11.8 Å². The van der Waals surface area contributed by atoms with E-state index in [0.717, 1.165) is 22.8 Å². The van der Waals surface area contributed by atoms with E-state index in [2.05, 4.69) is 11.4 Å². The molecule has 0 bridgehead atoms. The molecule has 4 nitrogen and oxygen atoms in total. The molecule has 0 unspecified atom stereocenters. The summed E-state index contributed by atoms with van der Waals surface area (Å²) in [7, 11) is 3.28. The third kappa shape index (κ3) is 4.76. The second-order valence-corrected chi connectivity index (χ2v) is 6.74. The first kappa shape index (κ1) is 18.3. The monoisotopic (exact) mass is 369 g/mol. The topological polar surface area (TPSA) is 39.7 Å². The minimum Gasteiger partial charge on any atom is -0.493 e. The van der Waals surface area contributed by atoms with Gasteiger partial charge in [0.25, 0.3) is 0 Å². The molecule has 2 aromatic carbocycles. The summed E-state index contributed by atoms with van der Waals surface area (Å²) in [4.78, 5) is 0. The number of nitrogens with one attached hydrogen (secondary N) is 1. The normalized spacial score (nSPS) is 15.2. The average Bonchev–Trinajstić information content (AvgIpc) is 3.20. The molecular formula is C21H23NO3S. The molecule has 1 aliphatic rings. The van der Waals surface area contributed by atoms with Crippen LogP contribution in [0, 0.1) is 0 Å². The Hall–Kier alpha value is -2.53. The number of benzene rings is 2. The SMILES string of the molecule is COc1cc(C=CC=C2CSCN2)cc(OC)c1OCc1ccccc1. The van der Waals surface area contributed by atoms with Gasteiger partial charge in [0.05, 0.1) is 20.1 Å². The Morgan fingerprint density at radius 2 is 1.81 bits per heavy atom. The summed E-state index contributed by atoms with van der Waals surface area (Å²) in [6, 6.07) is 13.9. The van der Waals surface area contributed by atoms with Gasteiger partial charge in [0.15, 0.2) is 11.5 Å². The quantitative estimate of drug-likeness (QED) is 0.779. The molecule has 1 aliphatic heterocycles. The molecule has 1 fully saturated rings. The molecule has 1 N–H and O–H groups in total. The van der Waals surface area contributed by atoms with E-state index in [-0.39, 0.29) is 0 Å². The highest BCUT2D eigenvalue weighted by Gasteiger charge is 2.13. The number of rotatable bonds is 7. The summed E-state index contributed by atoms with van der Waals surface area (Å²) in [6.07, 6.45) is 6.16. The summed E-state index contributed by atoms with van der Waals surface area (Å²) in [5.74, 6) is 3.94. The van der Waals surface area contributed by atoms with Gasteiger partial charge >= 0.3 is 0 Å². The van der Waals surface area contributed by atoms with Gasteiger partial charge in [-0.3, -0.25) is 0 Å². The van der Waals surface area contributed by atoms with Gasteiger partial charge in [-0.2, -0.15) is 0 Å². The number of hydrogen-bond acceptors (Lipinski definition) is 5. The molecule has 0 saturated carbocycles. The lowest BCUT2D eigenvalue weighted by Crippen LogP contribution is -2.03. The first-order valence-electron chi connectivity index (χ1n) is 8.41. The van der Waals surface area contributed by atoms with Crippen molar-refractivity contribution in [3.8, 4) is 17.2 Å². The number of methoxy groups -OCH3 is 2. The van der Waals surface area contributed by atoms with E-state index in [1.165, 1.54) is 5.70 Å². The van der Waals surface area contributed by atoms with Crippen LogP contribution in [0.2, 0.25) is 0 Å². The van der Waals surface area contributed by atoms with E-state index in [0.29, 0.717) is 23.9 Å². The highest BCUT2D eigenvalue weighted by Crippen LogP contribution is 2.39. The van der Waals surface area contributed by atoms with Crippen LogP contribution in [0.1, 0.15) is 11.1 Å². The molecular weight excluding hydrogens is 346 g/mol. The zero-order chi connectivity index (χ0) is 18.2. The maximum atomic E-state index is 5.98. The second-order valence-electron chi connectivity index (χ2n) is 5.75. The van der Waals surface area contributed by atoms with Gasteiger partial charge in [0.1, 0.15) is 6.61 Å².